The summed E-state index contributed by atoms with van der Waals surface area (Å²) in [6.45, 7) is 27.5. The van der Waals surface area contributed by atoms with Gasteiger partial charge in [0.15, 0.2) is 0 Å². The molecule has 2 aromatic rings. The van der Waals surface area contributed by atoms with Gasteiger partial charge in [0.1, 0.15) is 0 Å². The van der Waals surface area contributed by atoms with Crippen LogP contribution < -0.4 is 10.4 Å². The lowest BCUT2D eigenvalue weighted by atomic mass is 10.00. The minimum Gasteiger partial charge on any atom is -0.365 e. The van der Waals surface area contributed by atoms with Gasteiger partial charge >= 0.3 is 8.80 Å². The molecule has 0 aromatic heterocycles. The third-order valence-corrected chi connectivity index (χ3v) is 10.2. The van der Waals surface area contributed by atoms with Crippen molar-refractivity contribution in [1.29, 1.82) is 0 Å². The Morgan fingerprint density at radius 3 is 1.27 bits per heavy atom. The molecule has 0 fully saturated rings. The highest BCUT2D eigenvalue weighted by molar-refractivity contribution is 6.75. The third-order valence-electron chi connectivity index (χ3n) is 4.83. The lowest BCUT2D eigenvalue weighted by molar-refractivity contribution is -0.0655. The van der Waals surface area contributed by atoms with E-state index in [1.54, 1.807) is 0 Å². The Labute approximate surface area is 205 Å². The largest absolute Gasteiger partial charge is 0.538 e. The third kappa shape index (κ3) is 8.34. The summed E-state index contributed by atoms with van der Waals surface area (Å²) < 4.78 is 20.0. The molecule has 0 amide bonds. The van der Waals surface area contributed by atoms with Crippen molar-refractivity contribution in [3.8, 4) is 0 Å². The molecule has 0 saturated heterocycles. The van der Waals surface area contributed by atoms with Crippen LogP contribution in [0.25, 0.3) is 5.57 Å². The van der Waals surface area contributed by atoms with E-state index in [0.29, 0.717) is 0 Å². The minimum atomic E-state index is -3.26. The minimum absolute atomic E-state index is 0.424. The van der Waals surface area contributed by atoms with Crippen molar-refractivity contribution in [3.63, 3.8) is 0 Å². The smallest absolute Gasteiger partial charge is 0.365 e. The van der Waals surface area contributed by atoms with E-state index in [2.05, 4.69) is 68.2 Å². The van der Waals surface area contributed by atoms with E-state index < -0.39 is 34.4 Å². The van der Waals surface area contributed by atoms with E-state index in [9.17, 15) is 0 Å². The maximum absolute atomic E-state index is 6.66. The topological polar surface area (TPSA) is 27.7 Å². The number of hydrogen-bond donors (Lipinski definition) is 0. The zero-order chi connectivity index (χ0) is 25.2. The monoisotopic (exact) mass is 484 g/mol. The molecule has 0 heterocycles. The van der Waals surface area contributed by atoms with Crippen molar-refractivity contribution < 1.29 is 13.3 Å². The molecule has 5 heteroatoms. The zero-order valence-corrected chi connectivity index (χ0v) is 24.8. The Hall–Kier alpha value is -1.51. The Morgan fingerprint density at radius 1 is 0.636 bits per heavy atom. The first-order valence-corrected chi connectivity index (χ1v) is 16.5. The first-order valence-electron chi connectivity index (χ1n) is 11.9. The second-order valence-electron chi connectivity index (χ2n) is 12.0. The van der Waals surface area contributed by atoms with Crippen molar-refractivity contribution in [2.24, 2.45) is 0 Å². The van der Waals surface area contributed by atoms with E-state index in [4.69, 9.17) is 13.3 Å². The van der Waals surface area contributed by atoms with Crippen molar-refractivity contribution in [2.45, 2.75) is 92.2 Å². The van der Waals surface area contributed by atoms with Gasteiger partial charge in [-0.15, -0.1) is 0 Å². The molecule has 3 nitrogen and oxygen atoms in total. The normalized spacial score (nSPS) is 13.5. The maximum Gasteiger partial charge on any atom is 0.538 e. The van der Waals surface area contributed by atoms with E-state index in [0.717, 1.165) is 21.9 Å². The van der Waals surface area contributed by atoms with Gasteiger partial charge in [0, 0.05) is 5.19 Å². The summed E-state index contributed by atoms with van der Waals surface area (Å²) in [7, 11) is -4.06. The van der Waals surface area contributed by atoms with Crippen molar-refractivity contribution in [2.75, 3.05) is 0 Å². The fourth-order valence-corrected chi connectivity index (χ4v) is 7.99. The quantitative estimate of drug-likeness (QED) is 0.449. The average Bonchev–Trinajstić information content (AvgIpc) is 2.63. The molecule has 0 aliphatic heterocycles. The Balaban J connectivity index is 2.48. The molecule has 0 aliphatic carbocycles. The summed E-state index contributed by atoms with van der Waals surface area (Å²) in [4.78, 5) is 0. The molecule has 0 spiro atoms. The molecule has 33 heavy (non-hydrogen) atoms. The van der Waals surface area contributed by atoms with Gasteiger partial charge in [0.2, 0.25) is 0 Å². The van der Waals surface area contributed by atoms with E-state index in [1.807, 2.05) is 62.3 Å². The standard InChI is InChI=1S/C28H44O3Si2/c1-21(22-13-17-24(18-14-22)32(11)12)23-15-19-25(20-16-23)33(29-26(2,3)4,30-27(5,6)7)31-28(8,9)10/h13-20,32H,1H2,2-12H3. The number of benzene rings is 2. The Bertz CT molecular complexity index is 885. The summed E-state index contributed by atoms with van der Waals surface area (Å²) >= 11 is 0. The molecular formula is C28H44O3Si2. The highest BCUT2D eigenvalue weighted by Gasteiger charge is 2.52. The summed E-state index contributed by atoms with van der Waals surface area (Å²) in [6, 6.07) is 17.3. The van der Waals surface area contributed by atoms with Crippen LogP contribution in [0.3, 0.4) is 0 Å². The summed E-state index contributed by atoms with van der Waals surface area (Å²) in [5, 5.41) is 2.43. The van der Waals surface area contributed by atoms with Crippen molar-refractivity contribution in [3.05, 3.63) is 66.2 Å². The summed E-state index contributed by atoms with van der Waals surface area (Å²) in [6.07, 6.45) is 0. The van der Waals surface area contributed by atoms with Crippen LogP contribution in [0, 0.1) is 0 Å². The predicted octanol–water partition coefficient (Wildman–Crippen LogP) is 6.03. The molecule has 0 saturated carbocycles. The maximum atomic E-state index is 6.66. The summed E-state index contributed by atoms with van der Waals surface area (Å²) in [5.41, 5.74) is 1.97. The lowest BCUT2D eigenvalue weighted by Gasteiger charge is -2.43. The van der Waals surface area contributed by atoms with Gasteiger partial charge in [0.05, 0.1) is 25.6 Å². The van der Waals surface area contributed by atoms with Crippen LogP contribution in [0.2, 0.25) is 13.1 Å². The molecule has 0 N–H and O–H groups in total. The number of hydrogen-bond acceptors (Lipinski definition) is 3. The SMILES string of the molecule is C=C(c1ccc([SiH](C)C)cc1)c1ccc([Si](OC(C)(C)C)(OC(C)(C)C)OC(C)(C)C)cc1. The van der Waals surface area contributed by atoms with Gasteiger partial charge in [0.25, 0.3) is 0 Å². The molecule has 0 unspecified atom stereocenters. The first-order chi connectivity index (χ1) is 14.9. The van der Waals surface area contributed by atoms with Crippen LogP contribution in [0.5, 0.6) is 0 Å². The molecule has 0 bridgehead atoms. The van der Waals surface area contributed by atoms with Gasteiger partial charge in [-0.05, 0) is 79.0 Å². The zero-order valence-electron chi connectivity index (χ0n) is 22.6. The van der Waals surface area contributed by atoms with Crippen LogP contribution in [-0.4, -0.2) is 34.4 Å². The molecular weight excluding hydrogens is 440 g/mol. The molecule has 2 rings (SSSR count). The Kier molecular flexibility index (Phi) is 8.41. The van der Waals surface area contributed by atoms with Crippen molar-refractivity contribution >= 4 is 33.5 Å². The van der Waals surface area contributed by atoms with Crippen LogP contribution in [0.1, 0.15) is 73.4 Å². The average molecular weight is 485 g/mol. The molecule has 0 aliphatic rings. The van der Waals surface area contributed by atoms with Crippen LogP contribution in [0.4, 0.5) is 0 Å². The molecule has 182 valence electrons. The van der Waals surface area contributed by atoms with Gasteiger partial charge in [-0.25, -0.2) is 0 Å². The summed E-state index contributed by atoms with van der Waals surface area (Å²) in [5.74, 6) is 0. The highest BCUT2D eigenvalue weighted by atomic mass is 28.4. The van der Waals surface area contributed by atoms with Crippen LogP contribution in [-0.2, 0) is 13.3 Å². The molecule has 0 radical (unpaired) electrons. The lowest BCUT2D eigenvalue weighted by Crippen LogP contribution is -2.64. The van der Waals surface area contributed by atoms with Gasteiger partial charge in [-0.2, -0.15) is 0 Å². The van der Waals surface area contributed by atoms with Gasteiger partial charge < -0.3 is 13.3 Å². The number of rotatable bonds is 7. The predicted molar refractivity (Wildman–Crippen MR) is 147 cm³/mol. The Morgan fingerprint density at radius 2 is 0.970 bits per heavy atom. The second-order valence-corrected chi connectivity index (χ2v) is 17.3. The van der Waals surface area contributed by atoms with Crippen LogP contribution in [0.15, 0.2) is 55.1 Å². The van der Waals surface area contributed by atoms with Crippen LogP contribution >= 0.6 is 0 Å². The first kappa shape index (κ1) is 27.7. The van der Waals surface area contributed by atoms with E-state index in [1.165, 1.54) is 5.19 Å². The second kappa shape index (κ2) is 10.0. The highest BCUT2D eigenvalue weighted by Crippen LogP contribution is 2.29. The molecule has 2 aromatic carbocycles. The fourth-order valence-electron chi connectivity index (χ4n) is 3.56. The van der Waals surface area contributed by atoms with E-state index >= 15 is 0 Å². The fraction of sp³-hybridized carbons (Fsp3) is 0.500. The van der Waals surface area contributed by atoms with Gasteiger partial charge in [-0.3, -0.25) is 0 Å². The van der Waals surface area contributed by atoms with E-state index in [-0.39, 0.29) is 0 Å². The van der Waals surface area contributed by atoms with Crippen molar-refractivity contribution in [1.82, 2.24) is 0 Å². The van der Waals surface area contributed by atoms with Gasteiger partial charge in [-0.1, -0.05) is 73.4 Å². The molecule has 0 atom stereocenters.